The number of nitrogens with zero attached hydrogens (tertiary/aromatic N) is 1. The van der Waals surface area contributed by atoms with Crippen LogP contribution in [-0.4, -0.2) is 16.6 Å². The molecule has 0 amide bonds. The number of hydrogen-bond acceptors (Lipinski definition) is 5. The van der Waals surface area contributed by atoms with Crippen LogP contribution in [0.3, 0.4) is 0 Å². The van der Waals surface area contributed by atoms with E-state index in [9.17, 15) is 4.79 Å². The quantitative estimate of drug-likeness (QED) is 0.860. The van der Waals surface area contributed by atoms with Crippen molar-refractivity contribution >= 4 is 44.7 Å². The first-order valence-corrected chi connectivity index (χ1v) is 8.93. The van der Waals surface area contributed by atoms with Gasteiger partial charge in [0.2, 0.25) is 0 Å². The second-order valence-corrected chi connectivity index (χ2v) is 6.94. The average Bonchev–Trinajstić information content (AvgIpc) is 3.18. The lowest BCUT2D eigenvalue weighted by atomic mass is 10.1. The summed E-state index contributed by atoms with van der Waals surface area (Å²) in [5, 5.41) is 9.01. The Kier molecular flexibility index (Phi) is 3.32. The van der Waals surface area contributed by atoms with Gasteiger partial charge < -0.3 is 10.2 Å². The van der Waals surface area contributed by atoms with Gasteiger partial charge >= 0.3 is 0 Å². The van der Waals surface area contributed by atoms with Crippen molar-refractivity contribution in [2.45, 2.75) is 6.92 Å². The minimum atomic E-state index is 0.0549. The molecule has 5 heteroatoms. The van der Waals surface area contributed by atoms with Gasteiger partial charge in [0.25, 0.3) is 0 Å². The fourth-order valence-electron chi connectivity index (χ4n) is 2.72. The Morgan fingerprint density at radius 1 is 1.36 bits per heavy atom. The van der Waals surface area contributed by atoms with Crippen molar-refractivity contribution in [1.29, 1.82) is 0 Å². The lowest BCUT2D eigenvalue weighted by Crippen LogP contribution is -2.16. The van der Waals surface area contributed by atoms with E-state index in [1.807, 2.05) is 6.08 Å². The van der Waals surface area contributed by atoms with Crippen LogP contribution in [0.5, 0.6) is 0 Å². The lowest BCUT2D eigenvalue weighted by Gasteiger charge is -2.16. The number of fused-ring (bicyclic) bond motifs is 2. The van der Waals surface area contributed by atoms with Gasteiger partial charge in [0.1, 0.15) is 5.82 Å². The number of ketones is 1. The standard InChI is InChI=1S/C17H14N2OS2/c1-11(20)6-7-14-17(19-10-21-9-16(19)18-14)13-8-22-15-5-3-2-4-12(13)15/h2-9,18H,10H2,1H3/b7-6+. The number of carbonyl (C=O) groups is 1. The van der Waals surface area contributed by atoms with Crippen LogP contribution in [0.25, 0.3) is 15.8 Å². The zero-order valence-corrected chi connectivity index (χ0v) is 13.6. The molecule has 0 saturated heterocycles. The van der Waals surface area contributed by atoms with Crippen LogP contribution < -0.4 is 5.32 Å². The fraction of sp³-hybridized carbons (Fsp3) is 0.118. The van der Waals surface area contributed by atoms with E-state index in [1.165, 1.54) is 15.6 Å². The highest BCUT2D eigenvalue weighted by Crippen LogP contribution is 2.42. The molecule has 1 N–H and O–H groups in total. The molecule has 0 saturated carbocycles. The van der Waals surface area contributed by atoms with Crippen molar-refractivity contribution in [2.75, 3.05) is 5.88 Å². The van der Waals surface area contributed by atoms with Crippen LogP contribution in [0.1, 0.15) is 12.5 Å². The summed E-state index contributed by atoms with van der Waals surface area (Å²) in [4.78, 5) is 13.6. The average molecular weight is 326 g/mol. The van der Waals surface area contributed by atoms with E-state index < -0.39 is 0 Å². The van der Waals surface area contributed by atoms with Gasteiger partial charge in [-0.1, -0.05) is 18.2 Å². The summed E-state index contributed by atoms with van der Waals surface area (Å²) in [6.45, 7) is 1.57. The van der Waals surface area contributed by atoms with Gasteiger partial charge in [-0.25, -0.2) is 0 Å². The second kappa shape index (κ2) is 5.34. The maximum absolute atomic E-state index is 11.3. The number of thioether (sulfide) groups is 1. The number of allylic oxidation sites excluding steroid dienone is 2. The highest BCUT2D eigenvalue weighted by Gasteiger charge is 2.31. The van der Waals surface area contributed by atoms with Gasteiger partial charge in [-0.2, -0.15) is 0 Å². The molecule has 2 aliphatic heterocycles. The van der Waals surface area contributed by atoms with Gasteiger partial charge in [0.15, 0.2) is 5.78 Å². The molecule has 0 radical (unpaired) electrons. The molecule has 0 atom stereocenters. The monoisotopic (exact) mass is 326 g/mol. The molecular weight excluding hydrogens is 312 g/mol. The number of nitrogens with one attached hydrogen (secondary N) is 1. The molecule has 3 nitrogen and oxygen atoms in total. The van der Waals surface area contributed by atoms with Crippen LogP contribution in [0.4, 0.5) is 0 Å². The molecule has 0 spiro atoms. The third-order valence-electron chi connectivity index (χ3n) is 3.70. The van der Waals surface area contributed by atoms with E-state index in [0.717, 1.165) is 23.1 Å². The van der Waals surface area contributed by atoms with E-state index in [4.69, 9.17) is 0 Å². The molecule has 110 valence electrons. The van der Waals surface area contributed by atoms with E-state index in [-0.39, 0.29) is 5.78 Å². The zero-order valence-electron chi connectivity index (χ0n) is 12.0. The molecule has 0 aliphatic carbocycles. The molecule has 22 heavy (non-hydrogen) atoms. The molecule has 0 fully saturated rings. The minimum absolute atomic E-state index is 0.0549. The molecule has 1 aromatic heterocycles. The summed E-state index contributed by atoms with van der Waals surface area (Å²) >= 11 is 3.53. The highest BCUT2D eigenvalue weighted by atomic mass is 32.2. The Morgan fingerprint density at radius 3 is 3.09 bits per heavy atom. The third-order valence-corrected chi connectivity index (χ3v) is 5.46. The van der Waals surface area contributed by atoms with Crippen molar-refractivity contribution in [1.82, 2.24) is 10.2 Å². The smallest absolute Gasteiger partial charge is 0.152 e. The van der Waals surface area contributed by atoms with E-state index >= 15 is 0 Å². The van der Waals surface area contributed by atoms with Gasteiger partial charge in [-0.3, -0.25) is 4.79 Å². The highest BCUT2D eigenvalue weighted by molar-refractivity contribution is 8.02. The predicted octanol–water partition coefficient (Wildman–Crippen LogP) is 4.12. The maximum Gasteiger partial charge on any atom is 0.152 e. The SMILES string of the molecule is CC(=O)/C=C/C1=C(c2csc3ccccc23)N2CSC=C2N1. The van der Waals surface area contributed by atoms with E-state index in [2.05, 4.69) is 45.3 Å². The molecule has 2 aromatic rings. The number of thiophene rings is 1. The van der Waals surface area contributed by atoms with Crippen LogP contribution >= 0.6 is 23.1 Å². The van der Waals surface area contributed by atoms with Crippen molar-refractivity contribution < 1.29 is 4.79 Å². The number of rotatable bonds is 3. The molecular formula is C17H14N2OS2. The fourth-order valence-corrected chi connectivity index (χ4v) is 4.50. The molecule has 0 unspecified atom stereocenters. The number of benzene rings is 1. The number of hydrogen-bond donors (Lipinski definition) is 1. The maximum atomic E-state index is 11.3. The third kappa shape index (κ3) is 2.17. The first kappa shape index (κ1) is 13.7. The van der Waals surface area contributed by atoms with Crippen LogP contribution in [0, 0.1) is 0 Å². The Hall–Kier alpha value is -1.98. The largest absolute Gasteiger partial charge is 0.339 e. The molecule has 1 aromatic carbocycles. The first-order valence-electron chi connectivity index (χ1n) is 7.00. The predicted molar refractivity (Wildman–Crippen MR) is 94.1 cm³/mol. The van der Waals surface area contributed by atoms with Crippen LogP contribution in [-0.2, 0) is 4.79 Å². The Labute approximate surface area is 137 Å². The zero-order chi connectivity index (χ0) is 15.1. The van der Waals surface area contributed by atoms with Gasteiger partial charge in [0.05, 0.1) is 17.3 Å². The summed E-state index contributed by atoms with van der Waals surface area (Å²) in [7, 11) is 0. The van der Waals surface area contributed by atoms with Crippen molar-refractivity contribution in [3.05, 3.63) is 64.3 Å². The normalized spacial score (nSPS) is 17.3. The molecule has 4 rings (SSSR count). The van der Waals surface area contributed by atoms with Crippen molar-refractivity contribution in [3.63, 3.8) is 0 Å². The molecule has 2 aliphatic rings. The minimum Gasteiger partial charge on any atom is -0.339 e. The molecule has 0 bridgehead atoms. The van der Waals surface area contributed by atoms with Crippen LogP contribution in [0.15, 0.2) is 58.7 Å². The van der Waals surface area contributed by atoms with Gasteiger partial charge in [-0.05, 0) is 25.1 Å². The summed E-state index contributed by atoms with van der Waals surface area (Å²) in [6, 6.07) is 8.44. The summed E-state index contributed by atoms with van der Waals surface area (Å²) in [6.07, 6.45) is 3.50. The van der Waals surface area contributed by atoms with E-state index in [0.29, 0.717) is 0 Å². The first-order chi connectivity index (χ1) is 10.7. The topological polar surface area (TPSA) is 32.3 Å². The Bertz CT molecular complexity index is 860. The summed E-state index contributed by atoms with van der Waals surface area (Å²) < 4.78 is 1.28. The summed E-state index contributed by atoms with van der Waals surface area (Å²) in [5.74, 6) is 2.05. The van der Waals surface area contributed by atoms with E-state index in [1.54, 1.807) is 36.1 Å². The second-order valence-electron chi connectivity index (χ2n) is 5.20. The lowest BCUT2D eigenvalue weighted by molar-refractivity contribution is -0.112. The summed E-state index contributed by atoms with van der Waals surface area (Å²) in [5.41, 5.74) is 3.37. The van der Waals surface area contributed by atoms with Crippen molar-refractivity contribution in [3.8, 4) is 0 Å². The van der Waals surface area contributed by atoms with Crippen molar-refractivity contribution in [2.24, 2.45) is 0 Å². The van der Waals surface area contributed by atoms with Crippen LogP contribution in [0.2, 0.25) is 0 Å². The van der Waals surface area contributed by atoms with Gasteiger partial charge in [-0.15, -0.1) is 23.1 Å². The Balaban J connectivity index is 1.89. The van der Waals surface area contributed by atoms with Gasteiger partial charge in [0, 0.05) is 26.4 Å². The number of carbonyl (C=O) groups excluding carboxylic acids is 1. The molecule has 3 heterocycles. The Morgan fingerprint density at radius 2 is 2.23 bits per heavy atom.